The first-order valence-electron chi connectivity index (χ1n) is 5.60. The molecule has 2 aromatic heterocycles. The Balaban J connectivity index is 2.71. The summed E-state index contributed by atoms with van der Waals surface area (Å²) in [4.78, 5) is 7.66. The lowest BCUT2D eigenvalue weighted by molar-refractivity contribution is -0.141. The Morgan fingerprint density at radius 3 is 2.40 bits per heavy atom. The van der Waals surface area contributed by atoms with Crippen molar-refractivity contribution in [3.63, 3.8) is 0 Å². The van der Waals surface area contributed by atoms with Gasteiger partial charge in [0.2, 0.25) is 0 Å². The molecule has 4 nitrogen and oxygen atoms in total. The molecule has 0 saturated heterocycles. The van der Waals surface area contributed by atoms with E-state index < -0.39 is 11.9 Å². The molecule has 0 atom stereocenters. The zero-order valence-electron chi connectivity index (χ0n) is 10.7. The van der Waals surface area contributed by atoms with Crippen molar-refractivity contribution in [1.29, 1.82) is 0 Å². The predicted molar refractivity (Wildman–Crippen MR) is 71.7 cm³/mol. The molecule has 0 radical (unpaired) electrons. The molecular weight excluding hydrogens is 289 g/mol. The summed E-state index contributed by atoms with van der Waals surface area (Å²) < 4.78 is 39.8. The Hall–Kier alpha value is -1.96. The highest BCUT2D eigenvalue weighted by Gasteiger charge is 2.33. The monoisotopic (exact) mass is 300 g/mol. The molecule has 106 valence electrons. The fraction of sp³-hybridized carbons (Fsp3) is 0.250. The van der Waals surface area contributed by atoms with Crippen LogP contribution < -0.4 is 5.73 Å². The fourth-order valence-corrected chi connectivity index (χ4v) is 1.85. The van der Waals surface area contributed by atoms with Crippen LogP contribution in [0.5, 0.6) is 0 Å². The van der Waals surface area contributed by atoms with Gasteiger partial charge in [-0.15, -0.1) is 0 Å². The Morgan fingerprint density at radius 1 is 1.30 bits per heavy atom. The van der Waals surface area contributed by atoms with E-state index in [0.717, 1.165) is 6.07 Å². The number of thiocarbonyl (C=S) groups is 1. The van der Waals surface area contributed by atoms with Crippen LogP contribution in [0.4, 0.5) is 13.2 Å². The normalized spacial score (nSPS) is 11.7. The number of halogens is 3. The van der Waals surface area contributed by atoms with E-state index in [-0.39, 0.29) is 16.4 Å². The number of nitrogens with zero attached hydrogens (tertiary/aromatic N) is 3. The van der Waals surface area contributed by atoms with E-state index in [1.807, 2.05) is 0 Å². The quantitative estimate of drug-likeness (QED) is 0.866. The first-order chi connectivity index (χ1) is 9.21. The number of rotatable bonds is 2. The van der Waals surface area contributed by atoms with Crippen LogP contribution in [0.25, 0.3) is 5.82 Å². The van der Waals surface area contributed by atoms with Crippen molar-refractivity contribution < 1.29 is 13.2 Å². The predicted octanol–water partition coefficient (Wildman–Crippen LogP) is 2.54. The highest BCUT2D eigenvalue weighted by Crippen LogP contribution is 2.29. The first kappa shape index (κ1) is 14.4. The van der Waals surface area contributed by atoms with E-state index >= 15 is 0 Å². The Bertz CT molecular complexity index is 676. The molecule has 2 rings (SSSR count). The second-order valence-electron chi connectivity index (χ2n) is 4.22. The lowest BCUT2D eigenvalue weighted by atomic mass is 10.2. The lowest BCUT2D eigenvalue weighted by Gasteiger charge is -2.13. The minimum Gasteiger partial charge on any atom is -0.389 e. The molecule has 0 unspecified atom stereocenters. The van der Waals surface area contributed by atoms with Crippen LogP contribution in [-0.4, -0.2) is 19.5 Å². The summed E-state index contributed by atoms with van der Waals surface area (Å²) in [5.41, 5.74) is 6.18. The number of aryl methyl sites for hydroxylation is 1. The Morgan fingerprint density at radius 2 is 1.95 bits per heavy atom. The molecule has 2 aromatic rings. The number of nitrogens with two attached hydrogens (primary N) is 1. The van der Waals surface area contributed by atoms with Gasteiger partial charge in [0.25, 0.3) is 0 Å². The molecule has 0 bridgehead atoms. The highest BCUT2D eigenvalue weighted by molar-refractivity contribution is 7.80. The van der Waals surface area contributed by atoms with Crippen molar-refractivity contribution in [2.24, 2.45) is 5.73 Å². The summed E-state index contributed by atoms with van der Waals surface area (Å²) in [6, 6.07) is 2.08. The van der Waals surface area contributed by atoms with E-state index in [0.29, 0.717) is 11.4 Å². The van der Waals surface area contributed by atoms with Crippen molar-refractivity contribution in [1.82, 2.24) is 14.5 Å². The molecule has 20 heavy (non-hydrogen) atoms. The van der Waals surface area contributed by atoms with Gasteiger partial charge in [0.05, 0.1) is 11.3 Å². The number of hydrogen-bond acceptors (Lipinski definition) is 3. The summed E-state index contributed by atoms with van der Waals surface area (Å²) >= 11 is 4.86. The van der Waals surface area contributed by atoms with Gasteiger partial charge >= 0.3 is 6.18 Å². The maximum atomic E-state index is 12.8. The van der Waals surface area contributed by atoms with Crippen LogP contribution in [0.2, 0.25) is 0 Å². The molecule has 0 aliphatic heterocycles. The van der Waals surface area contributed by atoms with Crippen LogP contribution >= 0.6 is 12.2 Å². The summed E-state index contributed by atoms with van der Waals surface area (Å²) in [5, 5.41) is 0. The van der Waals surface area contributed by atoms with Crippen molar-refractivity contribution >= 4 is 17.2 Å². The van der Waals surface area contributed by atoms with Crippen molar-refractivity contribution in [2.45, 2.75) is 20.0 Å². The fourth-order valence-electron chi connectivity index (χ4n) is 1.69. The first-order valence-corrected chi connectivity index (χ1v) is 6.01. The van der Waals surface area contributed by atoms with E-state index in [1.165, 1.54) is 17.0 Å². The molecule has 8 heteroatoms. The van der Waals surface area contributed by atoms with Crippen LogP contribution in [0.15, 0.2) is 18.5 Å². The maximum Gasteiger partial charge on any atom is 0.433 e. The average molecular weight is 300 g/mol. The molecule has 0 aromatic carbocycles. The Kier molecular flexibility index (Phi) is 3.51. The summed E-state index contributed by atoms with van der Waals surface area (Å²) in [6.45, 7) is 3.48. The molecule has 0 aliphatic carbocycles. The largest absolute Gasteiger partial charge is 0.433 e. The zero-order chi connectivity index (χ0) is 15.1. The summed E-state index contributed by atoms with van der Waals surface area (Å²) in [7, 11) is 0. The van der Waals surface area contributed by atoms with Crippen molar-refractivity contribution in [3.8, 4) is 5.82 Å². The van der Waals surface area contributed by atoms with Gasteiger partial charge in [-0.25, -0.2) is 9.97 Å². The molecule has 2 N–H and O–H groups in total. The minimum atomic E-state index is -4.53. The third-order valence-electron chi connectivity index (χ3n) is 2.91. The van der Waals surface area contributed by atoms with E-state index in [4.69, 9.17) is 18.0 Å². The third-order valence-corrected chi connectivity index (χ3v) is 3.13. The van der Waals surface area contributed by atoms with Crippen LogP contribution in [0.3, 0.4) is 0 Å². The molecule has 0 amide bonds. The number of imidazole rings is 1. The smallest absolute Gasteiger partial charge is 0.389 e. The number of aromatic nitrogens is 3. The molecule has 0 fully saturated rings. The van der Waals surface area contributed by atoms with Gasteiger partial charge in [-0.05, 0) is 26.0 Å². The molecular formula is C12H11F3N4S. The van der Waals surface area contributed by atoms with Gasteiger partial charge in [-0.3, -0.25) is 4.57 Å². The summed E-state index contributed by atoms with van der Waals surface area (Å²) in [5.74, 6) is 0.0328. The van der Waals surface area contributed by atoms with Gasteiger partial charge in [0.1, 0.15) is 22.8 Å². The molecule has 2 heterocycles. The standard InChI is InChI=1S/C12H11F3N4S/c1-6-7(2)19(5-17-6)11-8(10(16)20)3-4-9(18-11)12(13,14)15/h3-5H,1-2H3,(H2,16,20). The van der Waals surface area contributed by atoms with E-state index in [9.17, 15) is 13.2 Å². The van der Waals surface area contributed by atoms with Crippen LogP contribution in [-0.2, 0) is 6.18 Å². The van der Waals surface area contributed by atoms with E-state index in [1.54, 1.807) is 13.8 Å². The minimum absolute atomic E-state index is 0.0213. The van der Waals surface area contributed by atoms with Crippen molar-refractivity contribution in [3.05, 3.63) is 41.1 Å². The van der Waals surface area contributed by atoms with Gasteiger partial charge in [-0.2, -0.15) is 13.2 Å². The molecule has 0 aliphatic rings. The highest BCUT2D eigenvalue weighted by atomic mass is 32.1. The van der Waals surface area contributed by atoms with Gasteiger partial charge in [0, 0.05) is 5.69 Å². The topological polar surface area (TPSA) is 56.7 Å². The lowest BCUT2D eigenvalue weighted by Crippen LogP contribution is -2.18. The summed E-state index contributed by atoms with van der Waals surface area (Å²) in [6.07, 6.45) is -3.14. The number of alkyl halides is 3. The zero-order valence-corrected chi connectivity index (χ0v) is 11.5. The number of hydrogen-bond donors (Lipinski definition) is 1. The van der Waals surface area contributed by atoms with Crippen LogP contribution in [0.1, 0.15) is 22.6 Å². The van der Waals surface area contributed by atoms with E-state index in [2.05, 4.69) is 9.97 Å². The van der Waals surface area contributed by atoms with Crippen LogP contribution in [0, 0.1) is 13.8 Å². The SMILES string of the molecule is Cc1ncn(-c2nc(C(F)(F)F)ccc2C(N)=S)c1C. The average Bonchev–Trinajstić information content (AvgIpc) is 2.68. The Labute approximate surface area is 118 Å². The third kappa shape index (κ3) is 2.51. The molecule has 0 spiro atoms. The second-order valence-corrected chi connectivity index (χ2v) is 4.65. The number of pyridine rings is 1. The second kappa shape index (κ2) is 4.86. The van der Waals surface area contributed by atoms with Gasteiger partial charge in [-0.1, -0.05) is 12.2 Å². The van der Waals surface area contributed by atoms with Gasteiger partial charge < -0.3 is 5.73 Å². The molecule has 0 saturated carbocycles. The maximum absolute atomic E-state index is 12.8. The van der Waals surface area contributed by atoms with Gasteiger partial charge in [0.15, 0.2) is 0 Å². The van der Waals surface area contributed by atoms with Crippen molar-refractivity contribution in [2.75, 3.05) is 0 Å².